The lowest BCUT2D eigenvalue weighted by atomic mass is 9.82. The lowest BCUT2D eigenvalue weighted by molar-refractivity contribution is 0.0489. The van der Waals surface area contributed by atoms with Gasteiger partial charge in [0.2, 0.25) is 0 Å². The first-order valence-corrected chi connectivity index (χ1v) is 9.45. The van der Waals surface area contributed by atoms with E-state index in [-0.39, 0.29) is 5.41 Å². The van der Waals surface area contributed by atoms with Crippen molar-refractivity contribution in [1.29, 1.82) is 0 Å². The van der Waals surface area contributed by atoms with E-state index in [1.165, 1.54) is 24.0 Å². The molecule has 0 saturated carbocycles. The normalized spacial score (nSPS) is 20.9. The van der Waals surface area contributed by atoms with Gasteiger partial charge < -0.3 is 4.74 Å². The molecule has 0 spiro atoms. The maximum absolute atomic E-state index is 5.88. The fourth-order valence-corrected chi connectivity index (χ4v) is 3.78. The van der Waals surface area contributed by atoms with Crippen molar-refractivity contribution in [3.05, 3.63) is 65.5 Å². The molecule has 1 saturated heterocycles. The number of rotatable bonds is 8. The van der Waals surface area contributed by atoms with Crippen molar-refractivity contribution in [2.75, 3.05) is 26.3 Å². The Balaban J connectivity index is 1.61. The maximum Gasteiger partial charge on any atom is 0.0535 e. The Morgan fingerprint density at radius 1 is 1.12 bits per heavy atom. The molecule has 3 rings (SSSR count). The number of hydrogen-bond donors (Lipinski definition) is 0. The van der Waals surface area contributed by atoms with Crippen LogP contribution in [0.4, 0.5) is 0 Å². The monoisotopic (exact) mass is 338 g/mol. The van der Waals surface area contributed by atoms with Crippen LogP contribution in [0.2, 0.25) is 0 Å². The number of aryl methyl sites for hydroxylation is 2. The number of benzene rings is 1. The molecule has 1 atom stereocenters. The maximum atomic E-state index is 5.88. The van der Waals surface area contributed by atoms with E-state index in [1.54, 1.807) is 0 Å². The summed E-state index contributed by atoms with van der Waals surface area (Å²) in [4.78, 5) is 7.00. The molecule has 134 valence electrons. The Morgan fingerprint density at radius 2 is 1.96 bits per heavy atom. The SMILES string of the molecule is CCOC[C@]1(CCc2ccccc2)CCN(Cc2ccc(C)nc2)C1. The first-order chi connectivity index (χ1) is 12.2. The molecule has 1 aliphatic rings. The van der Waals surface area contributed by atoms with Gasteiger partial charge in [0.1, 0.15) is 0 Å². The number of nitrogens with zero attached hydrogens (tertiary/aromatic N) is 2. The van der Waals surface area contributed by atoms with Gasteiger partial charge in [0.05, 0.1) is 6.61 Å². The second-order valence-electron chi connectivity index (χ2n) is 7.39. The van der Waals surface area contributed by atoms with Crippen LogP contribution in [0.3, 0.4) is 0 Å². The Hall–Kier alpha value is -1.71. The number of likely N-dealkylation sites (tertiary alicyclic amines) is 1. The topological polar surface area (TPSA) is 25.4 Å². The van der Waals surface area contributed by atoms with E-state index in [0.717, 1.165) is 45.0 Å². The minimum Gasteiger partial charge on any atom is -0.381 e. The molecule has 1 aromatic carbocycles. The van der Waals surface area contributed by atoms with Crippen molar-refractivity contribution in [2.24, 2.45) is 5.41 Å². The summed E-state index contributed by atoms with van der Waals surface area (Å²) in [7, 11) is 0. The second kappa shape index (κ2) is 8.59. The molecular weight excluding hydrogens is 308 g/mol. The first-order valence-electron chi connectivity index (χ1n) is 9.45. The van der Waals surface area contributed by atoms with Crippen LogP contribution in [0.15, 0.2) is 48.7 Å². The molecule has 0 bridgehead atoms. The average molecular weight is 338 g/mol. The fourth-order valence-electron chi connectivity index (χ4n) is 3.78. The number of hydrogen-bond acceptors (Lipinski definition) is 3. The summed E-state index contributed by atoms with van der Waals surface area (Å²) in [6.07, 6.45) is 5.56. The molecule has 3 nitrogen and oxygen atoms in total. The van der Waals surface area contributed by atoms with Gasteiger partial charge in [-0.15, -0.1) is 0 Å². The lowest BCUT2D eigenvalue weighted by Crippen LogP contribution is -2.32. The fraction of sp³-hybridized carbons (Fsp3) is 0.500. The highest BCUT2D eigenvalue weighted by Gasteiger charge is 2.37. The molecular formula is C22H30N2O. The summed E-state index contributed by atoms with van der Waals surface area (Å²) in [5.41, 5.74) is 4.10. The third-order valence-electron chi connectivity index (χ3n) is 5.30. The molecule has 3 heteroatoms. The Kier molecular flexibility index (Phi) is 6.22. The van der Waals surface area contributed by atoms with Crippen molar-refractivity contribution in [3.63, 3.8) is 0 Å². The predicted octanol–water partition coefficient (Wildman–Crippen LogP) is 4.25. The Morgan fingerprint density at radius 3 is 2.68 bits per heavy atom. The van der Waals surface area contributed by atoms with E-state index < -0.39 is 0 Å². The highest BCUT2D eigenvalue weighted by molar-refractivity contribution is 5.16. The average Bonchev–Trinajstić information content (AvgIpc) is 3.04. The van der Waals surface area contributed by atoms with E-state index in [4.69, 9.17) is 4.74 Å². The van der Waals surface area contributed by atoms with Crippen LogP contribution in [-0.2, 0) is 17.7 Å². The van der Waals surface area contributed by atoms with Crippen molar-refractivity contribution in [3.8, 4) is 0 Å². The molecule has 1 fully saturated rings. The van der Waals surface area contributed by atoms with E-state index >= 15 is 0 Å². The molecule has 2 heterocycles. The highest BCUT2D eigenvalue weighted by Crippen LogP contribution is 2.36. The van der Waals surface area contributed by atoms with E-state index in [2.05, 4.69) is 59.3 Å². The molecule has 0 N–H and O–H groups in total. The molecule has 0 amide bonds. The van der Waals surface area contributed by atoms with Crippen LogP contribution in [0.25, 0.3) is 0 Å². The van der Waals surface area contributed by atoms with Crippen LogP contribution in [0.5, 0.6) is 0 Å². The zero-order chi connectivity index (χ0) is 17.5. The quantitative estimate of drug-likeness (QED) is 0.719. The van der Waals surface area contributed by atoms with Gasteiger partial charge in [-0.2, -0.15) is 0 Å². The standard InChI is InChI=1S/C22H30N2O/c1-3-25-18-22(12-11-20-7-5-4-6-8-20)13-14-24(17-22)16-21-10-9-19(2)23-15-21/h4-10,15H,3,11-14,16-18H2,1-2H3/t22-/m1/s1. The van der Waals surface area contributed by atoms with Gasteiger partial charge in [-0.1, -0.05) is 36.4 Å². The molecule has 0 unspecified atom stereocenters. The number of pyridine rings is 1. The van der Waals surface area contributed by atoms with E-state index in [0.29, 0.717) is 0 Å². The minimum absolute atomic E-state index is 0.282. The third-order valence-corrected chi connectivity index (χ3v) is 5.30. The van der Waals surface area contributed by atoms with Crippen LogP contribution < -0.4 is 0 Å². The lowest BCUT2D eigenvalue weighted by Gasteiger charge is -2.29. The van der Waals surface area contributed by atoms with E-state index in [9.17, 15) is 0 Å². The highest BCUT2D eigenvalue weighted by atomic mass is 16.5. The first kappa shape index (κ1) is 18.1. The molecule has 1 aromatic heterocycles. The second-order valence-corrected chi connectivity index (χ2v) is 7.39. The Labute approximate surface area is 152 Å². The Bertz CT molecular complexity index is 641. The van der Waals surface area contributed by atoms with Gasteiger partial charge in [-0.05, 0) is 56.8 Å². The summed E-state index contributed by atoms with van der Waals surface area (Å²) in [6, 6.07) is 15.1. The third kappa shape index (κ3) is 5.13. The van der Waals surface area contributed by atoms with Crippen molar-refractivity contribution < 1.29 is 4.74 Å². The van der Waals surface area contributed by atoms with Crippen molar-refractivity contribution in [2.45, 2.75) is 39.7 Å². The molecule has 2 aromatic rings. The van der Waals surface area contributed by atoms with Crippen LogP contribution in [0.1, 0.15) is 36.6 Å². The molecule has 1 aliphatic heterocycles. The summed E-state index contributed by atoms with van der Waals surface area (Å²) >= 11 is 0. The van der Waals surface area contributed by atoms with Crippen LogP contribution in [0, 0.1) is 12.3 Å². The summed E-state index contributed by atoms with van der Waals surface area (Å²) in [6.45, 7) is 9.07. The zero-order valence-corrected chi connectivity index (χ0v) is 15.6. The summed E-state index contributed by atoms with van der Waals surface area (Å²) in [5, 5.41) is 0. The molecule has 0 radical (unpaired) electrons. The van der Waals surface area contributed by atoms with E-state index in [1.807, 2.05) is 13.1 Å². The summed E-state index contributed by atoms with van der Waals surface area (Å²) in [5.74, 6) is 0. The van der Waals surface area contributed by atoms with Crippen LogP contribution in [-0.4, -0.2) is 36.2 Å². The molecule has 0 aliphatic carbocycles. The molecule has 25 heavy (non-hydrogen) atoms. The van der Waals surface area contributed by atoms with Gasteiger partial charge in [0, 0.05) is 37.0 Å². The van der Waals surface area contributed by atoms with Crippen molar-refractivity contribution >= 4 is 0 Å². The largest absolute Gasteiger partial charge is 0.381 e. The smallest absolute Gasteiger partial charge is 0.0535 e. The van der Waals surface area contributed by atoms with Gasteiger partial charge in [0.15, 0.2) is 0 Å². The van der Waals surface area contributed by atoms with Gasteiger partial charge >= 0.3 is 0 Å². The van der Waals surface area contributed by atoms with Gasteiger partial charge in [-0.25, -0.2) is 0 Å². The number of aromatic nitrogens is 1. The van der Waals surface area contributed by atoms with Gasteiger partial charge in [0.25, 0.3) is 0 Å². The summed E-state index contributed by atoms with van der Waals surface area (Å²) < 4.78 is 5.88. The van der Waals surface area contributed by atoms with Gasteiger partial charge in [-0.3, -0.25) is 9.88 Å². The van der Waals surface area contributed by atoms with Crippen LogP contribution >= 0.6 is 0 Å². The minimum atomic E-state index is 0.282. The predicted molar refractivity (Wildman–Crippen MR) is 103 cm³/mol. The number of ether oxygens (including phenoxy) is 1. The zero-order valence-electron chi connectivity index (χ0n) is 15.6. The van der Waals surface area contributed by atoms with Crippen molar-refractivity contribution in [1.82, 2.24) is 9.88 Å².